The lowest BCUT2D eigenvalue weighted by Crippen LogP contribution is -2.28. The summed E-state index contributed by atoms with van der Waals surface area (Å²) in [5.74, 6) is 0.314. The minimum Gasteiger partial charge on any atom is -0.316 e. The highest BCUT2D eigenvalue weighted by molar-refractivity contribution is 7.89. The summed E-state index contributed by atoms with van der Waals surface area (Å²) in [5, 5.41) is 3.44. The summed E-state index contributed by atoms with van der Waals surface area (Å²) in [6.45, 7) is 5.09. The third-order valence-corrected chi connectivity index (χ3v) is 4.79. The topological polar surface area (TPSA) is 58.2 Å². The molecule has 1 aromatic carbocycles. The van der Waals surface area contributed by atoms with Gasteiger partial charge in [0, 0.05) is 18.1 Å². The van der Waals surface area contributed by atoms with Crippen molar-refractivity contribution in [1.29, 1.82) is 0 Å². The molecule has 0 radical (unpaired) electrons. The van der Waals surface area contributed by atoms with Crippen LogP contribution < -0.4 is 10.0 Å². The van der Waals surface area contributed by atoms with Gasteiger partial charge in [-0.15, -0.1) is 0 Å². The highest BCUT2D eigenvalue weighted by Crippen LogP contribution is 2.20. The van der Waals surface area contributed by atoms with E-state index in [4.69, 9.17) is 11.6 Å². The van der Waals surface area contributed by atoms with Crippen LogP contribution in [0.25, 0.3) is 0 Å². The second kappa shape index (κ2) is 7.24. The average molecular weight is 305 g/mol. The Balaban J connectivity index is 2.87. The van der Waals surface area contributed by atoms with Crippen molar-refractivity contribution in [2.45, 2.75) is 31.7 Å². The number of rotatable bonds is 7. The van der Waals surface area contributed by atoms with Gasteiger partial charge in [-0.2, -0.15) is 0 Å². The summed E-state index contributed by atoms with van der Waals surface area (Å²) in [6, 6.07) is 4.81. The Morgan fingerprint density at radius 1 is 1.37 bits per heavy atom. The van der Waals surface area contributed by atoms with E-state index in [0.29, 0.717) is 24.0 Å². The van der Waals surface area contributed by atoms with Crippen molar-refractivity contribution in [3.8, 4) is 0 Å². The number of halogens is 1. The van der Waals surface area contributed by atoms with Crippen LogP contribution >= 0.6 is 11.6 Å². The van der Waals surface area contributed by atoms with E-state index in [-0.39, 0.29) is 4.90 Å². The van der Waals surface area contributed by atoms with Crippen molar-refractivity contribution in [2.24, 2.45) is 5.92 Å². The third-order valence-electron chi connectivity index (χ3n) is 3.02. The molecule has 0 aliphatic carbocycles. The average Bonchev–Trinajstić information content (AvgIpc) is 2.38. The molecule has 0 amide bonds. The van der Waals surface area contributed by atoms with Gasteiger partial charge in [0.25, 0.3) is 0 Å². The Morgan fingerprint density at radius 3 is 2.58 bits per heavy atom. The smallest absolute Gasteiger partial charge is 0.240 e. The first kappa shape index (κ1) is 16.4. The first-order valence-electron chi connectivity index (χ1n) is 6.33. The Kier molecular flexibility index (Phi) is 6.26. The van der Waals surface area contributed by atoms with E-state index >= 15 is 0 Å². The summed E-state index contributed by atoms with van der Waals surface area (Å²) in [4.78, 5) is 0.209. The number of hydrogen-bond acceptors (Lipinski definition) is 3. The van der Waals surface area contributed by atoms with Crippen LogP contribution in [0.5, 0.6) is 0 Å². The third kappa shape index (κ3) is 4.76. The van der Waals surface area contributed by atoms with Crippen LogP contribution in [0, 0.1) is 5.92 Å². The zero-order valence-corrected chi connectivity index (χ0v) is 13.1. The maximum Gasteiger partial charge on any atom is 0.240 e. The Morgan fingerprint density at radius 2 is 2.05 bits per heavy atom. The largest absolute Gasteiger partial charge is 0.316 e. The minimum atomic E-state index is -3.47. The molecule has 0 aromatic heterocycles. The number of sulfonamides is 1. The molecule has 2 N–H and O–H groups in total. The Hall–Kier alpha value is -0.620. The van der Waals surface area contributed by atoms with Gasteiger partial charge in [0.15, 0.2) is 0 Å². The predicted octanol–water partition coefficient (Wildman–Crippen LogP) is 2.38. The zero-order valence-electron chi connectivity index (χ0n) is 11.5. The van der Waals surface area contributed by atoms with Crippen molar-refractivity contribution in [3.05, 3.63) is 28.8 Å². The molecule has 1 rings (SSSR count). The maximum atomic E-state index is 12.1. The van der Waals surface area contributed by atoms with Gasteiger partial charge in [-0.25, -0.2) is 13.1 Å². The number of hydrogen-bond donors (Lipinski definition) is 2. The van der Waals surface area contributed by atoms with E-state index in [1.165, 1.54) is 6.07 Å². The van der Waals surface area contributed by atoms with Crippen molar-refractivity contribution in [1.82, 2.24) is 10.0 Å². The fourth-order valence-electron chi connectivity index (χ4n) is 1.51. The van der Waals surface area contributed by atoms with Crippen LogP contribution in [0.1, 0.15) is 25.8 Å². The first-order valence-corrected chi connectivity index (χ1v) is 8.19. The second-order valence-electron chi connectivity index (χ2n) is 4.65. The summed E-state index contributed by atoms with van der Waals surface area (Å²) >= 11 is 6.07. The molecule has 1 atom stereocenters. The van der Waals surface area contributed by atoms with Gasteiger partial charge in [-0.05, 0) is 30.7 Å². The lowest BCUT2D eigenvalue weighted by molar-refractivity contribution is 0.528. The summed E-state index contributed by atoms with van der Waals surface area (Å²) in [6.07, 6.45) is 0.935. The number of benzene rings is 1. The molecule has 0 aliphatic rings. The van der Waals surface area contributed by atoms with Crippen LogP contribution in [0.4, 0.5) is 0 Å². The molecular weight excluding hydrogens is 284 g/mol. The second-order valence-corrected chi connectivity index (χ2v) is 6.82. The van der Waals surface area contributed by atoms with E-state index in [1.807, 2.05) is 20.9 Å². The maximum absolute atomic E-state index is 12.1. The van der Waals surface area contributed by atoms with Crippen molar-refractivity contribution < 1.29 is 8.42 Å². The molecule has 0 heterocycles. The fourth-order valence-corrected chi connectivity index (χ4v) is 3.01. The van der Waals surface area contributed by atoms with Gasteiger partial charge in [0.2, 0.25) is 10.0 Å². The lowest BCUT2D eigenvalue weighted by Gasteiger charge is -2.12. The molecule has 0 saturated heterocycles. The summed E-state index contributed by atoms with van der Waals surface area (Å²) < 4.78 is 26.8. The van der Waals surface area contributed by atoms with Crippen LogP contribution in [0.2, 0.25) is 5.02 Å². The lowest BCUT2D eigenvalue weighted by atomic mass is 10.1. The molecule has 0 aliphatic heterocycles. The Bertz CT molecular complexity index is 517. The van der Waals surface area contributed by atoms with E-state index in [9.17, 15) is 8.42 Å². The first-order chi connectivity index (χ1) is 8.90. The molecule has 19 heavy (non-hydrogen) atoms. The van der Waals surface area contributed by atoms with Crippen molar-refractivity contribution in [2.75, 3.05) is 13.6 Å². The molecule has 1 unspecified atom stereocenters. The van der Waals surface area contributed by atoms with Gasteiger partial charge < -0.3 is 5.32 Å². The highest BCUT2D eigenvalue weighted by atomic mass is 35.5. The van der Waals surface area contributed by atoms with Gasteiger partial charge in [0.1, 0.15) is 0 Å². The molecule has 1 aromatic rings. The summed E-state index contributed by atoms with van der Waals surface area (Å²) in [5.41, 5.74) is 0.880. The molecule has 0 bridgehead atoms. The highest BCUT2D eigenvalue weighted by Gasteiger charge is 2.16. The minimum absolute atomic E-state index is 0.209. The normalized spacial score (nSPS) is 13.5. The monoisotopic (exact) mass is 304 g/mol. The van der Waals surface area contributed by atoms with E-state index < -0.39 is 10.0 Å². The molecule has 0 spiro atoms. The van der Waals surface area contributed by atoms with Crippen LogP contribution in [-0.2, 0) is 16.6 Å². The molecular formula is C13H21ClN2O2S. The van der Waals surface area contributed by atoms with Crippen LogP contribution in [0.3, 0.4) is 0 Å². The predicted molar refractivity (Wildman–Crippen MR) is 78.9 cm³/mol. The van der Waals surface area contributed by atoms with Gasteiger partial charge in [-0.1, -0.05) is 37.9 Å². The van der Waals surface area contributed by atoms with Gasteiger partial charge >= 0.3 is 0 Å². The zero-order chi connectivity index (χ0) is 14.5. The van der Waals surface area contributed by atoms with Gasteiger partial charge in [0.05, 0.1) is 4.90 Å². The molecule has 0 fully saturated rings. The number of nitrogens with one attached hydrogen (secondary N) is 2. The molecule has 4 nitrogen and oxygen atoms in total. The molecule has 6 heteroatoms. The Labute approximate surface area is 120 Å². The van der Waals surface area contributed by atoms with Crippen molar-refractivity contribution >= 4 is 21.6 Å². The van der Waals surface area contributed by atoms with Gasteiger partial charge in [-0.3, -0.25) is 0 Å². The fraction of sp³-hybridized carbons (Fsp3) is 0.538. The van der Waals surface area contributed by atoms with Crippen LogP contribution in [-0.4, -0.2) is 22.0 Å². The molecule has 0 saturated carbocycles. The van der Waals surface area contributed by atoms with Crippen LogP contribution in [0.15, 0.2) is 23.1 Å². The van der Waals surface area contributed by atoms with E-state index in [1.54, 1.807) is 12.1 Å². The quantitative estimate of drug-likeness (QED) is 0.813. The molecule has 108 valence electrons. The van der Waals surface area contributed by atoms with Crippen molar-refractivity contribution in [3.63, 3.8) is 0 Å². The SMILES string of the molecule is CCC(C)CNS(=O)(=O)c1ccc(CNC)c(Cl)c1. The van der Waals surface area contributed by atoms with E-state index in [2.05, 4.69) is 10.0 Å². The summed E-state index contributed by atoms with van der Waals surface area (Å²) in [7, 11) is -1.66. The van der Waals surface area contributed by atoms with E-state index in [0.717, 1.165) is 12.0 Å². The standard InChI is InChI=1S/C13H21ClN2O2S/c1-4-10(2)8-16-19(17,18)12-6-5-11(9-15-3)13(14)7-12/h5-7,10,15-16H,4,8-9H2,1-3H3.